The Morgan fingerprint density at radius 3 is 1.53 bits per heavy atom. The van der Waals surface area contributed by atoms with Crippen LogP contribution in [0.1, 0.15) is 6.42 Å². The minimum Gasteiger partial charge on any atom is -0.447 e. The molecule has 0 bridgehead atoms. The second-order valence-corrected chi connectivity index (χ2v) is 9.56. The Hall–Kier alpha value is -1.52. The number of hydrogen-bond acceptors (Lipinski definition) is 11. The highest BCUT2D eigenvalue weighted by Crippen LogP contribution is 2.14. The van der Waals surface area contributed by atoms with Crippen molar-refractivity contribution in [2.75, 3.05) is 100 Å². The summed E-state index contributed by atoms with van der Waals surface area (Å²) >= 11 is 0. The molecule has 201 valence electrons. The lowest BCUT2D eigenvalue weighted by molar-refractivity contribution is -0.000711. The fourth-order valence-corrected chi connectivity index (χ4v) is 4.13. The number of alkyl carbamates (subject to hydrolysis) is 2. The fraction of sp³-hybridized carbons (Fsp3) is 0.850. The second kappa shape index (κ2) is 23.2. The third-order valence-electron chi connectivity index (χ3n) is 4.19. The monoisotopic (exact) mass is 513 g/mol. The number of amides is 2. The smallest absolute Gasteiger partial charge is 0.447 e. The molecule has 0 unspecified atom stereocenters. The van der Waals surface area contributed by atoms with E-state index in [2.05, 4.69) is 17.6 Å². The fourth-order valence-electron chi connectivity index (χ4n) is 2.41. The van der Waals surface area contributed by atoms with Crippen molar-refractivity contribution < 1.29 is 51.3 Å². The summed E-state index contributed by atoms with van der Waals surface area (Å²) in [7, 11) is 2.03. The SMILES string of the molecule is [CH2]COCCNC(=O)OCCOCCOCCOCCOC(=O)NCCC[Si](OC)(OC)OC. The average molecular weight is 514 g/mol. The van der Waals surface area contributed by atoms with E-state index in [-0.39, 0.29) is 26.4 Å². The lowest BCUT2D eigenvalue weighted by Crippen LogP contribution is -2.43. The Morgan fingerprint density at radius 1 is 0.647 bits per heavy atom. The summed E-state index contributed by atoms with van der Waals surface area (Å²) in [6.07, 6.45) is -0.389. The lowest BCUT2D eigenvalue weighted by atomic mass is 10.5. The van der Waals surface area contributed by atoms with Crippen molar-refractivity contribution in [3.63, 3.8) is 0 Å². The van der Waals surface area contributed by atoms with Crippen LogP contribution in [0.4, 0.5) is 9.59 Å². The Bertz CT molecular complexity index is 491. The first-order valence-corrected chi connectivity index (χ1v) is 13.0. The van der Waals surface area contributed by atoms with Crippen molar-refractivity contribution in [2.24, 2.45) is 0 Å². The molecule has 0 fully saturated rings. The van der Waals surface area contributed by atoms with E-state index in [1.54, 1.807) is 21.3 Å². The van der Waals surface area contributed by atoms with E-state index in [0.29, 0.717) is 65.2 Å². The van der Waals surface area contributed by atoms with Gasteiger partial charge in [-0.15, -0.1) is 0 Å². The van der Waals surface area contributed by atoms with E-state index in [1.807, 2.05) is 0 Å². The summed E-state index contributed by atoms with van der Waals surface area (Å²) in [5.74, 6) is 0. The van der Waals surface area contributed by atoms with Gasteiger partial charge in [0, 0.05) is 47.1 Å². The Balaban J connectivity index is 3.37. The van der Waals surface area contributed by atoms with Gasteiger partial charge in [-0.05, 0) is 13.3 Å². The van der Waals surface area contributed by atoms with Gasteiger partial charge in [0.2, 0.25) is 0 Å². The van der Waals surface area contributed by atoms with E-state index in [0.717, 1.165) is 0 Å². The van der Waals surface area contributed by atoms with Crippen LogP contribution in [0.15, 0.2) is 0 Å². The molecule has 0 atom stereocenters. The molecule has 0 aromatic carbocycles. The van der Waals surface area contributed by atoms with Crippen LogP contribution in [0.3, 0.4) is 0 Å². The molecule has 0 heterocycles. The van der Waals surface area contributed by atoms with Crippen molar-refractivity contribution in [2.45, 2.75) is 12.5 Å². The normalized spacial score (nSPS) is 11.3. The highest BCUT2D eigenvalue weighted by Gasteiger charge is 2.36. The van der Waals surface area contributed by atoms with E-state index in [1.165, 1.54) is 0 Å². The largest absolute Gasteiger partial charge is 0.500 e. The summed E-state index contributed by atoms with van der Waals surface area (Å²) < 4.78 is 46.8. The van der Waals surface area contributed by atoms with Gasteiger partial charge in [-0.3, -0.25) is 0 Å². The zero-order valence-corrected chi connectivity index (χ0v) is 21.6. The topological polar surface area (TPSA) is 141 Å². The number of nitrogens with one attached hydrogen (secondary N) is 2. The molecule has 2 amide bonds. The molecule has 34 heavy (non-hydrogen) atoms. The quantitative estimate of drug-likeness (QED) is 0.147. The Labute approximate surface area is 203 Å². The molecule has 14 heteroatoms. The van der Waals surface area contributed by atoms with Crippen LogP contribution in [0.2, 0.25) is 6.04 Å². The third-order valence-corrected chi connectivity index (χ3v) is 7.02. The molecule has 0 spiro atoms. The maximum Gasteiger partial charge on any atom is 0.500 e. The molecule has 0 saturated carbocycles. The number of carbonyl (C=O) groups is 2. The molecule has 0 aliphatic carbocycles. The summed E-state index contributed by atoms with van der Waals surface area (Å²) in [5.41, 5.74) is 0. The molecule has 0 aromatic heterocycles. The minimum atomic E-state index is -2.62. The van der Waals surface area contributed by atoms with Crippen molar-refractivity contribution in [3.05, 3.63) is 6.92 Å². The molecule has 0 aliphatic heterocycles. The van der Waals surface area contributed by atoms with Crippen LogP contribution >= 0.6 is 0 Å². The lowest BCUT2D eigenvalue weighted by Gasteiger charge is -2.24. The highest BCUT2D eigenvalue weighted by molar-refractivity contribution is 6.60. The summed E-state index contributed by atoms with van der Waals surface area (Å²) in [5, 5.41) is 5.18. The predicted molar refractivity (Wildman–Crippen MR) is 124 cm³/mol. The van der Waals surface area contributed by atoms with Crippen molar-refractivity contribution >= 4 is 21.0 Å². The molecule has 0 aliphatic rings. The van der Waals surface area contributed by atoms with Crippen molar-refractivity contribution in [1.29, 1.82) is 0 Å². The van der Waals surface area contributed by atoms with E-state index in [4.69, 9.17) is 41.7 Å². The van der Waals surface area contributed by atoms with Crippen LogP contribution in [0.5, 0.6) is 0 Å². The molecular weight excluding hydrogens is 472 g/mol. The van der Waals surface area contributed by atoms with Crippen molar-refractivity contribution in [3.8, 4) is 0 Å². The van der Waals surface area contributed by atoms with E-state index in [9.17, 15) is 9.59 Å². The van der Waals surface area contributed by atoms with Gasteiger partial charge in [0.1, 0.15) is 13.2 Å². The summed E-state index contributed by atoms with van der Waals surface area (Å²) in [6, 6.07) is 0.587. The number of hydrogen-bond donors (Lipinski definition) is 2. The van der Waals surface area contributed by atoms with Gasteiger partial charge in [0.05, 0.1) is 46.2 Å². The maximum absolute atomic E-state index is 11.6. The van der Waals surface area contributed by atoms with Gasteiger partial charge in [-0.1, -0.05) is 0 Å². The predicted octanol–water partition coefficient (Wildman–Crippen LogP) is 0.607. The molecule has 2 N–H and O–H groups in total. The first-order chi connectivity index (χ1) is 16.5. The summed E-state index contributed by atoms with van der Waals surface area (Å²) in [6.45, 7) is 7.38. The maximum atomic E-state index is 11.6. The molecular formula is C20H41N2O11Si. The standard InChI is InChI=1S/C20H41N2O11Si/c1-5-28-9-8-22-20(24)33-17-15-31-13-11-29-10-12-30-14-16-32-19(23)21-7-6-18-34(25-2,26-3)27-4/h1,5-18H2,2-4H3,(H,21,23)(H,22,24). The van der Waals surface area contributed by atoms with E-state index < -0.39 is 21.0 Å². The van der Waals surface area contributed by atoms with Crippen LogP contribution in [0.25, 0.3) is 0 Å². The number of ether oxygens (including phenoxy) is 6. The van der Waals surface area contributed by atoms with Crippen LogP contribution in [0, 0.1) is 6.92 Å². The first-order valence-electron chi connectivity index (χ1n) is 11.1. The second-order valence-electron chi connectivity index (χ2n) is 6.47. The Kier molecular flexibility index (Phi) is 22.2. The van der Waals surface area contributed by atoms with Crippen molar-refractivity contribution in [1.82, 2.24) is 10.6 Å². The molecule has 0 rings (SSSR count). The first kappa shape index (κ1) is 32.5. The zero-order chi connectivity index (χ0) is 25.3. The molecule has 0 aromatic rings. The average Bonchev–Trinajstić information content (AvgIpc) is 2.85. The molecule has 0 saturated heterocycles. The molecule has 13 nitrogen and oxygen atoms in total. The molecule has 1 radical (unpaired) electrons. The van der Waals surface area contributed by atoms with Gasteiger partial charge in [0.15, 0.2) is 0 Å². The van der Waals surface area contributed by atoms with Gasteiger partial charge >= 0.3 is 21.0 Å². The number of carbonyl (C=O) groups excluding carboxylic acids is 2. The summed E-state index contributed by atoms with van der Waals surface area (Å²) in [4.78, 5) is 22.9. The third kappa shape index (κ3) is 18.9. The van der Waals surface area contributed by atoms with Crippen LogP contribution in [-0.4, -0.2) is 121 Å². The van der Waals surface area contributed by atoms with Crippen LogP contribution in [-0.2, 0) is 41.7 Å². The number of rotatable bonds is 23. The van der Waals surface area contributed by atoms with E-state index >= 15 is 0 Å². The van der Waals surface area contributed by atoms with Gasteiger partial charge < -0.3 is 52.3 Å². The highest BCUT2D eigenvalue weighted by atomic mass is 28.4. The van der Waals surface area contributed by atoms with Gasteiger partial charge in [-0.2, -0.15) is 0 Å². The van der Waals surface area contributed by atoms with Crippen LogP contribution < -0.4 is 10.6 Å². The Morgan fingerprint density at radius 2 is 1.09 bits per heavy atom. The minimum absolute atomic E-state index is 0.137. The zero-order valence-electron chi connectivity index (χ0n) is 20.6. The van der Waals surface area contributed by atoms with Gasteiger partial charge in [-0.25, -0.2) is 9.59 Å². The van der Waals surface area contributed by atoms with Gasteiger partial charge in [0.25, 0.3) is 0 Å².